The van der Waals surface area contributed by atoms with Gasteiger partial charge in [-0.15, -0.1) is 11.8 Å². The summed E-state index contributed by atoms with van der Waals surface area (Å²) >= 11 is 1.66. The van der Waals surface area contributed by atoms with E-state index < -0.39 is 27.4 Å². The Labute approximate surface area is 240 Å². The Bertz CT molecular complexity index is 1240. The highest BCUT2D eigenvalue weighted by Crippen LogP contribution is 2.71. The highest BCUT2D eigenvalue weighted by atomic mass is 32.2. The summed E-state index contributed by atoms with van der Waals surface area (Å²) in [5.74, 6) is -1.61. The molecular weight excluding hydrogens is 524 g/mol. The summed E-state index contributed by atoms with van der Waals surface area (Å²) < 4.78 is -1.10. The number of thioether (sulfide) groups is 1. The Balaban J connectivity index is 1.44. The standard InChI is InChI=1S/C31H40N4O4S/c1-4-34(5-2)23-15-13-22(14-16-23)33-28(38)26-31-18-17-30(3,40-31)24(27(37)32-21-11-7-6-8-12-21)25(31)29(39)35(26)19-9-10-20-36/h6-8,11-16,24-26,36H,4-5,9-10,17-20H2,1-3H3,(H,32,37)(H,33,38)/t24-,25+,26?,30+,31?/m1/s1. The molecule has 0 aliphatic carbocycles. The smallest absolute Gasteiger partial charge is 0.248 e. The van der Waals surface area contributed by atoms with Crippen molar-refractivity contribution in [2.45, 2.75) is 62.0 Å². The Hall–Kier alpha value is -3.04. The van der Waals surface area contributed by atoms with Gasteiger partial charge in [0.2, 0.25) is 17.7 Å². The summed E-state index contributed by atoms with van der Waals surface area (Å²) in [7, 11) is 0. The van der Waals surface area contributed by atoms with E-state index in [1.807, 2.05) is 54.6 Å². The number of carbonyl (C=O) groups is 3. The Morgan fingerprint density at radius 2 is 1.62 bits per heavy atom. The lowest BCUT2D eigenvalue weighted by Crippen LogP contribution is -2.51. The van der Waals surface area contributed by atoms with Crippen LogP contribution in [-0.4, -0.2) is 69.5 Å². The van der Waals surface area contributed by atoms with E-state index in [9.17, 15) is 19.5 Å². The van der Waals surface area contributed by atoms with Crippen LogP contribution in [0.4, 0.5) is 17.1 Å². The number of nitrogens with one attached hydrogen (secondary N) is 2. The van der Waals surface area contributed by atoms with Crippen LogP contribution >= 0.6 is 11.8 Å². The van der Waals surface area contributed by atoms with Crippen LogP contribution in [0, 0.1) is 11.8 Å². The van der Waals surface area contributed by atoms with Gasteiger partial charge in [0.15, 0.2) is 0 Å². The van der Waals surface area contributed by atoms with E-state index in [2.05, 4.69) is 36.3 Å². The Morgan fingerprint density at radius 1 is 0.975 bits per heavy atom. The normalized spacial score (nSPS) is 28.4. The Kier molecular flexibility index (Phi) is 8.15. The largest absolute Gasteiger partial charge is 0.396 e. The van der Waals surface area contributed by atoms with Gasteiger partial charge in [0, 0.05) is 48.1 Å². The summed E-state index contributed by atoms with van der Waals surface area (Å²) in [6.07, 6.45) is 2.61. The zero-order chi connectivity index (χ0) is 28.5. The fourth-order valence-corrected chi connectivity index (χ4v) is 9.41. The maximum absolute atomic E-state index is 14.1. The lowest BCUT2D eigenvalue weighted by Gasteiger charge is -2.34. The second-order valence-corrected chi connectivity index (χ2v) is 13.2. The number of nitrogens with zero attached hydrogens (tertiary/aromatic N) is 2. The number of carbonyl (C=O) groups excluding carboxylic acids is 3. The van der Waals surface area contributed by atoms with Crippen LogP contribution in [-0.2, 0) is 14.4 Å². The molecule has 8 nitrogen and oxygen atoms in total. The molecule has 3 aliphatic rings. The molecule has 0 saturated carbocycles. The van der Waals surface area contributed by atoms with Crippen LogP contribution in [0.15, 0.2) is 54.6 Å². The van der Waals surface area contributed by atoms with Gasteiger partial charge in [0.25, 0.3) is 0 Å². The second kappa shape index (κ2) is 11.4. The molecule has 2 aromatic carbocycles. The predicted octanol–water partition coefficient (Wildman–Crippen LogP) is 4.36. The summed E-state index contributed by atoms with van der Waals surface area (Å²) in [6.45, 7) is 8.49. The molecule has 2 aromatic rings. The summed E-state index contributed by atoms with van der Waals surface area (Å²) in [4.78, 5) is 45.8. The van der Waals surface area contributed by atoms with Crippen LogP contribution in [0.3, 0.4) is 0 Å². The molecule has 214 valence electrons. The van der Waals surface area contributed by atoms with E-state index in [0.717, 1.165) is 25.2 Å². The maximum atomic E-state index is 14.1. The van der Waals surface area contributed by atoms with Crippen molar-refractivity contribution in [1.29, 1.82) is 0 Å². The third-order valence-electron chi connectivity index (χ3n) is 8.92. The molecule has 3 amide bonds. The fourth-order valence-electron chi connectivity index (χ4n) is 7.06. The summed E-state index contributed by atoms with van der Waals surface area (Å²) in [5.41, 5.74) is 2.48. The topological polar surface area (TPSA) is 102 Å². The van der Waals surface area contributed by atoms with Crippen LogP contribution in [0.1, 0.15) is 46.5 Å². The van der Waals surface area contributed by atoms with E-state index in [1.165, 1.54) is 0 Å². The van der Waals surface area contributed by atoms with Crippen molar-refractivity contribution in [2.24, 2.45) is 11.8 Å². The highest BCUT2D eigenvalue weighted by molar-refractivity contribution is 8.02. The summed E-state index contributed by atoms with van der Waals surface area (Å²) in [5, 5.41) is 15.5. The first-order valence-electron chi connectivity index (χ1n) is 14.4. The van der Waals surface area contributed by atoms with Gasteiger partial charge in [-0.25, -0.2) is 0 Å². The molecule has 2 bridgehead atoms. The minimum absolute atomic E-state index is 0.0290. The highest BCUT2D eigenvalue weighted by Gasteiger charge is 2.77. The second-order valence-electron chi connectivity index (χ2n) is 11.3. The van der Waals surface area contributed by atoms with E-state index in [1.54, 1.807) is 16.7 Å². The van der Waals surface area contributed by atoms with Gasteiger partial charge in [0.1, 0.15) is 6.04 Å². The first-order chi connectivity index (χ1) is 19.3. The molecule has 9 heteroatoms. The van der Waals surface area contributed by atoms with Gasteiger partial charge in [-0.2, -0.15) is 0 Å². The predicted molar refractivity (Wildman–Crippen MR) is 160 cm³/mol. The van der Waals surface area contributed by atoms with Crippen molar-refractivity contribution in [3.05, 3.63) is 54.6 Å². The van der Waals surface area contributed by atoms with Gasteiger partial charge in [0.05, 0.1) is 16.6 Å². The number of amides is 3. The Morgan fingerprint density at radius 3 is 2.27 bits per heavy atom. The average Bonchev–Trinajstić information content (AvgIpc) is 3.51. The number of benzene rings is 2. The molecule has 0 radical (unpaired) electrons. The quantitative estimate of drug-likeness (QED) is 0.351. The van der Waals surface area contributed by atoms with Crippen LogP contribution < -0.4 is 15.5 Å². The number of likely N-dealkylation sites (tertiary alicyclic amines) is 1. The number of para-hydroxylation sites is 1. The monoisotopic (exact) mass is 564 g/mol. The molecule has 3 N–H and O–H groups in total. The third kappa shape index (κ3) is 4.87. The molecular formula is C31H40N4O4S. The van der Waals surface area contributed by atoms with E-state index >= 15 is 0 Å². The van der Waals surface area contributed by atoms with Crippen molar-refractivity contribution >= 4 is 46.5 Å². The first-order valence-corrected chi connectivity index (χ1v) is 15.2. The molecule has 40 heavy (non-hydrogen) atoms. The summed E-state index contributed by atoms with van der Waals surface area (Å²) in [6, 6.07) is 16.4. The number of hydrogen-bond donors (Lipinski definition) is 3. The molecule has 0 aromatic heterocycles. The molecule has 1 spiro atoms. The fraction of sp³-hybridized carbons (Fsp3) is 0.516. The van der Waals surface area contributed by atoms with Crippen molar-refractivity contribution in [3.63, 3.8) is 0 Å². The average molecular weight is 565 g/mol. The number of rotatable bonds is 11. The molecule has 3 aliphatic heterocycles. The molecule has 5 rings (SSSR count). The van der Waals surface area contributed by atoms with E-state index in [4.69, 9.17) is 0 Å². The zero-order valence-electron chi connectivity index (χ0n) is 23.6. The minimum Gasteiger partial charge on any atom is -0.396 e. The first kappa shape index (κ1) is 28.5. The minimum atomic E-state index is -0.687. The molecule has 2 unspecified atom stereocenters. The van der Waals surface area contributed by atoms with Crippen LogP contribution in [0.25, 0.3) is 0 Å². The van der Waals surface area contributed by atoms with Gasteiger partial charge >= 0.3 is 0 Å². The van der Waals surface area contributed by atoms with Gasteiger partial charge in [-0.05, 0) is 82.9 Å². The van der Waals surface area contributed by atoms with E-state index in [0.29, 0.717) is 37.2 Å². The van der Waals surface area contributed by atoms with Crippen LogP contribution in [0.2, 0.25) is 0 Å². The number of unbranched alkanes of at least 4 members (excludes halogenated alkanes) is 1. The zero-order valence-corrected chi connectivity index (χ0v) is 24.4. The molecule has 5 atom stereocenters. The number of fused-ring (bicyclic) bond motifs is 1. The van der Waals surface area contributed by atoms with Crippen molar-refractivity contribution < 1.29 is 19.5 Å². The van der Waals surface area contributed by atoms with Gasteiger partial charge in [-0.1, -0.05) is 18.2 Å². The van der Waals surface area contributed by atoms with E-state index in [-0.39, 0.29) is 24.3 Å². The number of aliphatic hydroxyl groups excluding tert-OH is 1. The van der Waals surface area contributed by atoms with Gasteiger partial charge < -0.3 is 25.5 Å². The number of anilines is 3. The third-order valence-corrected chi connectivity index (χ3v) is 10.9. The lowest BCUT2D eigenvalue weighted by molar-refractivity contribution is -0.139. The maximum Gasteiger partial charge on any atom is 0.248 e. The van der Waals surface area contributed by atoms with Crippen LogP contribution in [0.5, 0.6) is 0 Å². The van der Waals surface area contributed by atoms with Gasteiger partial charge in [-0.3, -0.25) is 14.4 Å². The molecule has 3 saturated heterocycles. The van der Waals surface area contributed by atoms with Crippen molar-refractivity contribution in [2.75, 3.05) is 41.8 Å². The SMILES string of the molecule is CCN(CC)c1ccc(NC(=O)C2N(CCCCO)C(=O)[C@@H]3[C@H](C(=O)Nc4ccccc4)[C@]4(C)CCC23S4)cc1. The molecule has 3 fully saturated rings. The lowest BCUT2D eigenvalue weighted by atomic mass is 9.66. The number of hydrogen-bond acceptors (Lipinski definition) is 6. The van der Waals surface area contributed by atoms with Crippen molar-refractivity contribution in [1.82, 2.24) is 4.90 Å². The molecule has 3 heterocycles. The number of aliphatic hydroxyl groups is 1. The van der Waals surface area contributed by atoms with Crippen molar-refractivity contribution in [3.8, 4) is 0 Å².